The second-order valence-corrected chi connectivity index (χ2v) is 6.69. The minimum Gasteiger partial charge on any atom is -0.493 e. The second-order valence-electron chi connectivity index (χ2n) is 6.69. The van der Waals surface area contributed by atoms with Gasteiger partial charge in [-0.3, -0.25) is 0 Å². The van der Waals surface area contributed by atoms with Crippen molar-refractivity contribution in [2.24, 2.45) is 11.8 Å². The molecule has 114 valence electrons. The predicted octanol–water partition coefficient (Wildman–Crippen LogP) is 4.28. The molecule has 0 saturated heterocycles. The van der Waals surface area contributed by atoms with Crippen molar-refractivity contribution in [1.82, 2.24) is 9.78 Å². The van der Waals surface area contributed by atoms with E-state index in [1.54, 1.807) is 4.68 Å². The van der Waals surface area contributed by atoms with E-state index in [4.69, 9.17) is 0 Å². The molecule has 2 rings (SSSR count). The van der Waals surface area contributed by atoms with E-state index in [0.29, 0.717) is 17.7 Å². The van der Waals surface area contributed by atoms with E-state index >= 15 is 0 Å². The lowest BCUT2D eigenvalue weighted by Crippen LogP contribution is -2.02. The molecule has 0 saturated carbocycles. The van der Waals surface area contributed by atoms with Crippen LogP contribution in [-0.2, 0) is 12.8 Å². The van der Waals surface area contributed by atoms with Crippen LogP contribution in [0.25, 0.3) is 5.69 Å². The summed E-state index contributed by atoms with van der Waals surface area (Å²) < 4.78 is 1.68. The first kappa shape index (κ1) is 15.6. The molecule has 0 aliphatic carbocycles. The molecule has 1 heterocycles. The maximum absolute atomic E-state index is 10.6. The molecular weight excluding hydrogens is 260 g/mol. The zero-order chi connectivity index (χ0) is 15.6. The van der Waals surface area contributed by atoms with Crippen LogP contribution >= 0.6 is 0 Å². The molecule has 3 heteroatoms. The van der Waals surface area contributed by atoms with Crippen LogP contribution in [0.15, 0.2) is 24.3 Å². The molecule has 0 amide bonds. The molecule has 3 nitrogen and oxygen atoms in total. The summed E-state index contributed by atoms with van der Waals surface area (Å²) in [7, 11) is 0. The van der Waals surface area contributed by atoms with Crippen molar-refractivity contribution in [3.8, 4) is 11.6 Å². The summed E-state index contributed by atoms with van der Waals surface area (Å²) in [5.74, 6) is 1.32. The normalized spacial score (nSPS) is 11.6. The van der Waals surface area contributed by atoms with Gasteiger partial charge in [-0.15, -0.1) is 0 Å². The smallest absolute Gasteiger partial charge is 0.217 e. The Bertz CT molecular complexity index is 594. The summed E-state index contributed by atoms with van der Waals surface area (Å²) in [5.41, 5.74) is 4.14. The van der Waals surface area contributed by atoms with E-state index in [1.165, 1.54) is 5.56 Å². The zero-order valence-electron chi connectivity index (χ0n) is 13.7. The lowest BCUT2D eigenvalue weighted by molar-refractivity contribution is 0.424. The highest BCUT2D eigenvalue weighted by atomic mass is 16.3. The maximum atomic E-state index is 10.6. The van der Waals surface area contributed by atoms with Crippen LogP contribution in [0.5, 0.6) is 5.88 Å². The number of aromatic hydroxyl groups is 1. The van der Waals surface area contributed by atoms with Crippen molar-refractivity contribution >= 4 is 0 Å². The Hall–Kier alpha value is -1.77. The third-order valence-electron chi connectivity index (χ3n) is 3.53. The largest absolute Gasteiger partial charge is 0.493 e. The van der Waals surface area contributed by atoms with Gasteiger partial charge in [-0.2, -0.15) is 5.10 Å². The van der Waals surface area contributed by atoms with Crippen LogP contribution in [0.2, 0.25) is 0 Å². The maximum Gasteiger partial charge on any atom is 0.217 e. The predicted molar refractivity (Wildman–Crippen MR) is 87.0 cm³/mol. The molecule has 1 N–H and O–H groups in total. The van der Waals surface area contributed by atoms with E-state index in [9.17, 15) is 5.11 Å². The van der Waals surface area contributed by atoms with Crippen LogP contribution in [0, 0.1) is 18.8 Å². The number of aryl methyl sites for hydroxylation is 1. The average Bonchev–Trinajstić information content (AvgIpc) is 2.67. The van der Waals surface area contributed by atoms with E-state index in [-0.39, 0.29) is 0 Å². The highest BCUT2D eigenvalue weighted by Crippen LogP contribution is 2.29. The number of hydrogen-bond acceptors (Lipinski definition) is 2. The summed E-state index contributed by atoms with van der Waals surface area (Å²) in [4.78, 5) is 0. The van der Waals surface area contributed by atoms with Gasteiger partial charge in [0, 0.05) is 5.56 Å². The van der Waals surface area contributed by atoms with Crippen molar-refractivity contribution in [2.45, 2.75) is 47.5 Å². The first-order chi connectivity index (χ1) is 9.88. The zero-order valence-corrected chi connectivity index (χ0v) is 13.7. The Labute approximate surface area is 127 Å². The van der Waals surface area contributed by atoms with Gasteiger partial charge in [0.25, 0.3) is 0 Å². The van der Waals surface area contributed by atoms with Crippen LogP contribution in [0.3, 0.4) is 0 Å². The van der Waals surface area contributed by atoms with Crippen molar-refractivity contribution in [2.75, 3.05) is 0 Å². The fraction of sp³-hybridized carbons (Fsp3) is 0.500. The molecule has 0 aliphatic heterocycles. The van der Waals surface area contributed by atoms with Gasteiger partial charge in [0.1, 0.15) is 0 Å². The van der Waals surface area contributed by atoms with Crippen LogP contribution < -0.4 is 0 Å². The van der Waals surface area contributed by atoms with Gasteiger partial charge >= 0.3 is 0 Å². The molecule has 1 aromatic heterocycles. The second kappa shape index (κ2) is 6.33. The molecule has 1 aromatic carbocycles. The molecule has 0 unspecified atom stereocenters. The van der Waals surface area contributed by atoms with E-state index in [2.05, 4.69) is 39.7 Å². The third kappa shape index (κ3) is 3.66. The van der Waals surface area contributed by atoms with Gasteiger partial charge in [0.05, 0.1) is 11.4 Å². The molecule has 0 bridgehead atoms. The molecular formula is C18H26N2O. The molecule has 0 atom stereocenters. The van der Waals surface area contributed by atoms with Gasteiger partial charge in [0.2, 0.25) is 5.88 Å². The van der Waals surface area contributed by atoms with E-state index in [1.807, 2.05) is 24.3 Å². The van der Waals surface area contributed by atoms with Gasteiger partial charge < -0.3 is 5.11 Å². The monoisotopic (exact) mass is 286 g/mol. The highest BCUT2D eigenvalue weighted by molar-refractivity contribution is 5.42. The van der Waals surface area contributed by atoms with Crippen LogP contribution in [0.4, 0.5) is 0 Å². The van der Waals surface area contributed by atoms with Crippen molar-refractivity contribution in [1.29, 1.82) is 0 Å². The summed E-state index contributed by atoms with van der Waals surface area (Å²) >= 11 is 0. The lowest BCUT2D eigenvalue weighted by Gasteiger charge is -2.07. The quantitative estimate of drug-likeness (QED) is 0.890. The Morgan fingerprint density at radius 2 is 1.57 bits per heavy atom. The first-order valence-corrected chi connectivity index (χ1v) is 7.75. The molecule has 21 heavy (non-hydrogen) atoms. The number of benzene rings is 1. The standard InChI is InChI=1S/C18H26N2O/c1-12(2)10-16-17(11-13(3)4)19-20(18(16)21)15-8-6-14(5)7-9-15/h6-9,12-13,21H,10-11H2,1-5H3. The minimum absolute atomic E-state index is 0.295. The van der Waals surface area contributed by atoms with Crippen molar-refractivity contribution in [3.63, 3.8) is 0 Å². The Morgan fingerprint density at radius 3 is 2.10 bits per heavy atom. The number of rotatable bonds is 5. The highest BCUT2D eigenvalue weighted by Gasteiger charge is 2.19. The first-order valence-electron chi connectivity index (χ1n) is 7.75. The third-order valence-corrected chi connectivity index (χ3v) is 3.53. The topological polar surface area (TPSA) is 38.0 Å². The van der Waals surface area contributed by atoms with Crippen molar-refractivity contribution in [3.05, 3.63) is 41.1 Å². The van der Waals surface area contributed by atoms with E-state index in [0.717, 1.165) is 29.8 Å². The molecule has 0 radical (unpaired) electrons. The van der Waals surface area contributed by atoms with Crippen molar-refractivity contribution < 1.29 is 5.11 Å². The Balaban J connectivity index is 2.46. The Morgan fingerprint density at radius 1 is 1.00 bits per heavy atom. The van der Waals surface area contributed by atoms with Gasteiger partial charge in [-0.1, -0.05) is 45.4 Å². The summed E-state index contributed by atoms with van der Waals surface area (Å²) in [6.07, 6.45) is 1.76. The van der Waals surface area contributed by atoms with Gasteiger partial charge in [0.15, 0.2) is 0 Å². The molecule has 2 aromatic rings. The van der Waals surface area contributed by atoms with E-state index < -0.39 is 0 Å². The lowest BCUT2D eigenvalue weighted by atomic mass is 9.98. The molecule has 0 fully saturated rings. The summed E-state index contributed by atoms with van der Waals surface area (Å²) in [6, 6.07) is 8.09. The number of aromatic nitrogens is 2. The summed E-state index contributed by atoms with van der Waals surface area (Å²) in [6.45, 7) is 10.8. The van der Waals surface area contributed by atoms with Gasteiger partial charge in [-0.25, -0.2) is 4.68 Å². The van der Waals surface area contributed by atoms with Crippen LogP contribution in [-0.4, -0.2) is 14.9 Å². The summed E-state index contributed by atoms with van der Waals surface area (Å²) in [5, 5.41) is 15.3. The molecule has 0 aliphatic rings. The fourth-order valence-electron chi connectivity index (χ4n) is 2.52. The van der Waals surface area contributed by atoms with Crippen LogP contribution in [0.1, 0.15) is 44.5 Å². The number of nitrogens with zero attached hydrogens (tertiary/aromatic N) is 2. The van der Waals surface area contributed by atoms with Gasteiger partial charge in [-0.05, 0) is 43.7 Å². The Kier molecular flexibility index (Phi) is 4.71. The number of hydrogen-bond donors (Lipinski definition) is 1. The SMILES string of the molecule is Cc1ccc(-n2nc(CC(C)C)c(CC(C)C)c2O)cc1. The fourth-order valence-corrected chi connectivity index (χ4v) is 2.52. The average molecular weight is 286 g/mol. The molecule has 0 spiro atoms. The minimum atomic E-state index is 0.295.